The van der Waals surface area contributed by atoms with Crippen molar-refractivity contribution in [2.24, 2.45) is 0 Å². The van der Waals surface area contributed by atoms with Crippen molar-refractivity contribution in [3.63, 3.8) is 0 Å². The van der Waals surface area contributed by atoms with Crippen LogP contribution in [-0.2, 0) is 19.3 Å². The van der Waals surface area contributed by atoms with Gasteiger partial charge >= 0.3 is 33.0 Å². The zero-order valence-corrected chi connectivity index (χ0v) is 87.5. The fourth-order valence-corrected chi connectivity index (χ4v) is 22.3. The molecule has 4 aromatic heterocycles. The molecule has 4 heterocycles. The molecule has 0 aliphatic rings. The van der Waals surface area contributed by atoms with Crippen LogP contribution >= 0.6 is 51.9 Å². The van der Waals surface area contributed by atoms with Gasteiger partial charge < -0.3 is 60.7 Å². The Labute approximate surface area is 791 Å². The summed E-state index contributed by atoms with van der Waals surface area (Å²) in [6, 6.07) is 74.1. The molecule has 14 aromatic carbocycles. The largest absolute Gasteiger partial charge is 0.480 e. The Morgan fingerprint density at radius 3 is 0.632 bits per heavy atom. The maximum absolute atomic E-state index is 6.51. The van der Waals surface area contributed by atoms with Crippen LogP contribution in [-0.4, -0.2) is 0 Å². The molecular weight excluding hydrogens is 1770 g/mol. The molecule has 14 nitrogen and oxygen atoms in total. The molecule has 0 aliphatic heterocycles. The molecule has 133 heavy (non-hydrogen) atoms. The summed E-state index contributed by atoms with van der Waals surface area (Å²) >= 11 is 0. The number of para-hydroxylation sites is 6. The van der Waals surface area contributed by atoms with Gasteiger partial charge in [0.2, 0.25) is 0 Å². The first-order valence-corrected chi connectivity index (χ1v) is 50.4. The van der Waals surface area contributed by atoms with Crippen LogP contribution in [0.5, 0.6) is 34.5 Å². The van der Waals surface area contributed by atoms with E-state index in [0.29, 0.717) is 0 Å². The number of aryl methyl sites for hydroxylation is 26. The maximum Gasteiger partial charge on any atom is 0.453 e. The molecule has 0 saturated heterocycles. The van der Waals surface area contributed by atoms with Gasteiger partial charge in [-0.15, -0.1) is 0 Å². The summed E-state index contributed by atoms with van der Waals surface area (Å²) in [5.41, 5.74) is 36.9. The Hall–Kier alpha value is -11.7. The number of hydrogen-bond donors (Lipinski definition) is 0. The van der Waals surface area contributed by atoms with E-state index in [4.69, 9.17) is 60.7 Å². The summed E-state index contributed by atoms with van der Waals surface area (Å²) < 4.78 is 86.3. The molecule has 0 saturated carbocycles. The normalized spacial score (nSPS) is 10.9. The second-order valence-electron chi connectivity index (χ2n) is 34.6. The average molecular weight is 1890 g/mol. The highest BCUT2D eigenvalue weighted by Crippen LogP contribution is 2.48. The molecule has 2 unspecified atom stereocenters. The van der Waals surface area contributed by atoms with E-state index < -0.39 is 33.0 Å². The molecular formula is C113H124O14P6. The minimum absolute atomic E-state index is 0.781. The molecule has 0 amide bonds. The second kappa shape index (κ2) is 44.0. The van der Waals surface area contributed by atoms with Crippen LogP contribution in [0.4, 0.5) is 0 Å². The van der Waals surface area contributed by atoms with E-state index in [1.807, 2.05) is 148 Å². The van der Waals surface area contributed by atoms with Crippen LogP contribution in [0.3, 0.4) is 0 Å². The van der Waals surface area contributed by atoms with Crippen LogP contribution in [0, 0.1) is 159 Å². The Morgan fingerprint density at radius 2 is 0.406 bits per heavy atom. The molecule has 0 fully saturated rings. The third-order valence-electron chi connectivity index (χ3n) is 24.3. The van der Waals surface area contributed by atoms with Crippen molar-refractivity contribution in [2.75, 3.05) is 0 Å². The Bertz CT molecular complexity index is 7250. The van der Waals surface area contributed by atoms with Gasteiger partial charge in [0.1, 0.15) is 79.2 Å². The van der Waals surface area contributed by atoms with Crippen molar-refractivity contribution in [3.8, 4) is 34.5 Å². The van der Waals surface area contributed by atoms with Gasteiger partial charge in [-0.05, 0) is 384 Å². The first-order chi connectivity index (χ1) is 63.7. The minimum atomic E-state index is -1.65. The van der Waals surface area contributed by atoms with E-state index in [0.717, 1.165) is 214 Å². The van der Waals surface area contributed by atoms with Crippen LogP contribution < -0.4 is 27.1 Å². The summed E-state index contributed by atoms with van der Waals surface area (Å²) in [4.78, 5) is 0. The maximum atomic E-state index is 6.51. The molecule has 0 aliphatic carbocycles. The molecule has 18 rings (SSSR count). The van der Waals surface area contributed by atoms with Gasteiger partial charge in [-0.25, -0.2) is 0 Å². The van der Waals surface area contributed by atoms with Gasteiger partial charge in [0.15, 0.2) is 0 Å². The first-order valence-electron chi connectivity index (χ1n) is 45.1. The lowest BCUT2D eigenvalue weighted by atomic mass is 9.94. The number of rotatable bonds is 13. The molecule has 690 valence electrons. The van der Waals surface area contributed by atoms with Crippen molar-refractivity contribution in [2.45, 2.75) is 199 Å². The van der Waals surface area contributed by atoms with E-state index in [9.17, 15) is 0 Å². The minimum Gasteiger partial charge on any atom is -0.480 e. The van der Waals surface area contributed by atoms with Crippen LogP contribution in [0.15, 0.2) is 252 Å². The lowest BCUT2D eigenvalue weighted by molar-refractivity contribution is 0.492. The summed E-state index contributed by atoms with van der Waals surface area (Å²) in [5, 5.41) is 8.72. The van der Waals surface area contributed by atoms with Gasteiger partial charge in [-0.3, -0.25) is 0 Å². The van der Waals surface area contributed by atoms with E-state index in [-0.39, 0.29) is 0 Å². The van der Waals surface area contributed by atoms with Gasteiger partial charge in [-0.2, -0.15) is 0 Å². The van der Waals surface area contributed by atoms with Gasteiger partial charge in [0.25, 0.3) is 0 Å². The summed E-state index contributed by atoms with van der Waals surface area (Å²) in [5.74, 6) is 5.07. The van der Waals surface area contributed by atoms with E-state index in [1.54, 1.807) is 0 Å². The smallest absolute Gasteiger partial charge is 0.453 e. The Morgan fingerprint density at radius 1 is 0.203 bits per heavy atom. The zero-order valence-electron chi connectivity index (χ0n) is 81.6. The van der Waals surface area contributed by atoms with Crippen molar-refractivity contribution >= 4 is 140 Å². The fraction of sp³-hybridized carbons (Fsp3) is 0.257. The van der Waals surface area contributed by atoms with Crippen LogP contribution in [0.2, 0.25) is 0 Å². The van der Waals surface area contributed by atoms with E-state index in [2.05, 4.69) is 269 Å². The SMILES string of the molecule is CCc1ccccc1OP.CCc1ccccc1Op1oc2c(C)c(C)cc(C)c2c2c(C)cc(C)c(C)c2o1.CCc1ccccc1Op1oc2c(C)cc(C)cc2c2cc(C)cc(C)c2o1.Cc1cc(C)c2op(Oc3ccccc3C)oc3c(C)cc(C)cc3c2c1.Cc1ccccc1OP.Cc1ccccc1Op1oc2c(C)c(C)cc(C)c2c2c(C)cc(C)c(C)c2o1. The summed E-state index contributed by atoms with van der Waals surface area (Å²) in [6.45, 7) is 54.7. The van der Waals surface area contributed by atoms with E-state index >= 15 is 0 Å². The average Bonchev–Trinajstić information content (AvgIpc) is 1.64. The third kappa shape index (κ3) is 22.7. The third-order valence-corrected chi connectivity index (χ3v) is 28.9. The second-order valence-corrected chi connectivity index (χ2v) is 39.0. The standard InChI is InChI=1S/C26H29O3P.C25H27O3P.C24H25O3P.C23H23O3P.C8H11OP.C7H9OP/c1-8-21-11-9-10-12-22(21)27-30-28-25-19(6)15(2)13-17(4)23(25)24-18(5)14-16(3)20(7)26(24)29-30;1-14-10-8-9-11-21(14)26-29-27-24-19(6)15(2)12-17(4)22(24)23-18(5)13-16(3)20(7)25(23)28-29;1-6-19-9-7-8-10-22(19)25-28-26-23-17(4)11-15(2)13-20(23)21-14-16(3)12-18(5)24(21)27-28;1-14-10-17(4)22-19(12-14)20-13-15(2)11-18(5)23(20)26-27(25-22)24-21-9-7-6-8-16(21)3;1-2-7-5-3-4-6-8(7)9-10;1-6-4-2-3-5-7(6)8-9/h9-14H,8H2,1-7H3;8-13H,1-7H3;7-14H,6H2,1-5H3;6-13H,1-5H3;3-6H,2,10H2,1H3;2-5H,9H2,1H3. The first kappa shape index (κ1) is 98.8. The monoisotopic (exact) mass is 1890 g/mol. The molecule has 0 bridgehead atoms. The number of fused-ring (bicyclic) bond motifs is 12. The Kier molecular flexibility index (Phi) is 32.7. The van der Waals surface area contributed by atoms with Gasteiger partial charge in [0, 0.05) is 43.1 Å². The van der Waals surface area contributed by atoms with Crippen molar-refractivity contribution in [1.29, 1.82) is 0 Å². The number of hydrogen-bond acceptors (Lipinski definition) is 14. The highest BCUT2D eigenvalue weighted by atomic mass is 31.1. The predicted octanol–water partition coefficient (Wildman–Crippen LogP) is 37.0. The quantitative estimate of drug-likeness (QED) is 0.100. The lowest BCUT2D eigenvalue weighted by Crippen LogP contribution is -1.90. The predicted molar refractivity (Wildman–Crippen MR) is 566 cm³/mol. The van der Waals surface area contributed by atoms with Crippen LogP contribution in [0.25, 0.3) is 87.8 Å². The van der Waals surface area contributed by atoms with Crippen LogP contribution in [0.1, 0.15) is 165 Å². The van der Waals surface area contributed by atoms with Crippen molar-refractivity contribution in [3.05, 3.63) is 363 Å². The highest BCUT2D eigenvalue weighted by molar-refractivity contribution is 7.33. The number of benzene rings is 14. The van der Waals surface area contributed by atoms with E-state index in [1.165, 1.54) is 72.3 Å². The van der Waals surface area contributed by atoms with Gasteiger partial charge in [-0.1, -0.05) is 178 Å². The van der Waals surface area contributed by atoms with Gasteiger partial charge in [0.05, 0.1) is 18.9 Å². The topological polar surface area (TPSA) is 160 Å². The Balaban J connectivity index is 0.000000141. The molecule has 0 radical (unpaired) electrons. The zero-order chi connectivity index (χ0) is 95.5. The fourth-order valence-electron chi connectivity index (χ4n) is 16.8. The van der Waals surface area contributed by atoms with Crippen molar-refractivity contribution in [1.82, 2.24) is 0 Å². The lowest BCUT2D eigenvalue weighted by Gasteiger charge is -2.10. The molecule has 20 heteroatoms. The highest BCUT2D eigenvalue weighted by Gasteiger charge is 2.23. The summed E-state index contributed by atoms with van der Waals surface area (Å²) in [7, 11) is -2.05. The molecule has 0 N–H and O–H groups in total. The molecule has 2 atom stereocenters. The molecule has 0 spiro atoms. The van der Waals surface area contributed by atoms with Crippen molar-refractivity contribution < 1.29 is 60.7 Å². The molecule has 18 aromatic rings. The summed E-state index contributed by atoms with van der Waals surface area (Å²) in [6.07, 6.45) is 2.80.